The van der Waals surface area contributed by atoms with Crippen molar-refractivity contribution in [1.29, 1.82) is 0 Å². The minimum absolute atomic E-state index is 0.491. The summed E-state index contributed by atoms with van der Waals surface area (Å²) < 4.78 is 0. The van der Waals surface area contributed by atoms with Gasteiger partial charge in [0.2, 0.25) is 0 Å². The van der Waals surface area contributed by atoms with Crippen molar-refractivity contribution in [3.63, 3.8) is 0 Å². The van der Waals surface area contributed by atoms with Crippen molar-refractivity contribution in [3.8, 4) is 0 Å². The highest BCUT2D eigenvalue weighted by molar-refractivity contribution is 5.35. The Labute approximate surface area is 118 Å². The molecule has 2 unspecified atom stereocenters. The fourth-order valence-corrected chi connectivity index (χ4v) is 3.08. The molecule has 0 aromatic heterocycles. The van der Waals surface area contributed by atoms with E-state index < -0.39 is 0 Å². The molecule has 2 nitrogen and oxygen atoms in total. The quantitative estimate of drug-likeness (QED) is 0.881. The average molecular weight is 260 g/mol. The standard InChI is InChI=1S/C17H28N2/c1-13(12-18)10-17(19(2)3)16-9-8-14-6-4-5-7-15(14)11-16/h8-9,11,13,17H,4-7,10,12,18H2,1-3H3. The monoisotopic (exact) mass is 260 g/mol. The number of aryl methyl sites for hydroxylation is 2. The van der Waals surface area contributed by atoms with Gasteiger partial charge in [0, 0.05) is 6.04 Å². The van der Waals surface area contributed by atoms with E-state index in [0.717, 1.165) is 13.0 Å². The molecule has 0 aliphatic heterocycles. The lowest BCUT2D eigenvalue weighted by molar-refractivity contribution is 0.255. The van der Waals surface area contributed by atoms with Crippen LogP contribution in [0.2, 0.25) is 0 Å². The van der Waals surface area contributed by atoms with Gasteiger partial charge in [-0.05, 0) is 75.4 Å². The second kappa shape index (κ2) is 6.53. The van der Waals surface area contributed by atoms with Crippen molar-refractivity contribution in [2.45, 2.75) is 45.1 Å². The molecule has 0 amide bonds. The molecule has 2 rings (SSSR count). The largest absolute Gasteiger partial charge is 0.330 e. The van der Waals surface area contributed by atoms with E-state index >= 15 is 0 Å². The Morgan fingerprint density at radius 1 is 1.16 bits per heavy atom. The number of hydrogen-bond donors (Lipinski definition) is 1. The van der Waals surface area contributed by atoms with Gasteiger partial charge in [0.15, 0.2) is 0 Å². The summed E-state index contributed by atoms with van der Waals surface area (Å²) >= 11 is 0. The molecule has 106 valence electrons. The molecule has 2 N–H and O–H groups in total. The maximum atomic E-state index is 5.79. The first-order chi connectivity index (χ1) is 9.11. The number of fused-ring (bicyclic) bond motifs is 1. The molecule has 1 aliphatic rings. The van der Waals surface area contributed by atoms with E-state index in [-0.39, 0.29) is 0 Å². The normalized spacial score (nSPS) is 18.2. The average Bonchev–Trinajstić information content (AvgIpc) is 2.43. The number of hydrogen-bond acceptors (Lipinski definition) is 2. The number of nitrogens with zero attached hydrogens (tertiary/aromatic N) is 1. The van der Waals surface area contributed by atoms with Gasteiger partial charge in [0.25, 0.3) is 0 Å². The van der Waals surface area contributed by atoms with Gasteiger partial charge < -0.3 is 10.6 Å². The molecular formula is C17H28N2. The topological polar surface area (TPSA) is 29.3 Å². The van der Waals surface area contributed by atoms with E-state index in [9.17, 15) is 0 Å². The zero-order valence-corrected chi connectivity index (χ0v) is 12.7. The van der Waals surface area contributed by atoms with Crippen molar-refractivity contribution in [3.05, 3.63) is 34.9 Å². The molecule has 19 heavy (non-hydrogen) atoms. The Morgan fingerprint density at radius 3 is 2.47 bits per heavy atom. The van der Waals surface area contributed by atoms with Gasteiger partial charge in [0.1, 0.15) is 0 Å². The summed E-state index contributed by atoms with van der Waals surface area (Å²) in [7, 11) is 4.35. The van der Waals surface area contributed by atoms with Gasteiger partial charge in [-0.2, -0.15) is 0 Å². The first-order valence-electron chi connectivity index (χ1n) is 7.60. The second-order valence-electron chi connectivity index (χ2n) is 6.29. The maximum absolute atomic E-state index is 5.79. The van der Waals surface area contributed by atoms with Crippen molar-refractivity contribution in [1.82, 2.24) is 4.90 Å². The summed E-state index contributed by atoms with van der Waals surface area (Å²) in [6.45, 7) is 3.02. The third-order valence-electron chi connectivity index (χ3n) is 4.41. The number of nitrogens with two attached hydrogens (primary N) is 1. The highest BCUT2D eigenvalue weighted by atomic mass is 15.1. The molecule has 2 heteroatoms. The fourth-order valence-electron chi connectivity index (χ4n) is 3.08. The third kappa shape index (κ3) is 3.58. The zero-order valence-electron chi connectivity index (χ0n) is 12.7. The van der Waals surface area contributed by atoms with E-state index in [1.807, 2.05) is 0 Å². The van der Waals surface area contributed by atoms with E-state index in [1.165, 1.54) is 31.2 Å². The molecule has 0 spiro atoms. The van der Waals surface area contributed by atoms with Crippen molar-refractivity contribution in [2.75, 3.05) is 20.6 Å². The van der Waals surface area contributed by atoms with Crippen molar-refractivity contribution in [2.24, 2.45) is 11.7 Å². The van der Waals surface area contributed by atoms with Crippen LogP contribution in [0.1, 0.15) is 48.9 Å². The summed E-state index contributed by atoms with van der Waals surface area (Å²) in [5.74, 6) is 0.573. The van der Waals surface area contributed by atoms with Gasteiger partial charge in [0.05, 0.1) is 0 Å². The van der Waals surface area contributed by atoms with E-state index in [4.69, 9.17) is 5.73 Å². The lowest BCUT2D eigenvalue weighted by Crippen LogP contribution is -2.25. The minimum Gasteiger partial charge on any atom is -0.330 e. The molecule has 2 atom stereocenters. The van der Waals surface area contributed by atoms with E-state index in [1.54, 1.807) is 11.1 Å². The molecule has 1 aromatic rings. The SMILES string of the molecule is CC(CN)CC(c1ccc2c(c1)CCCC2)N(C)C. The molecule has 1 aliphatic carbocycles. The Balaban J connectivity index is 2.21. The fraction of sp³-hybridized carbons (Fsp3) is 0.647. The summed E-state index contributed by atoms with van der Waals surface area (Å²) in [5, 5.41) is 0. The van der Waals surface area contributed by atoms with Crippen LogP contribution in [-0.2, 0) is 12.8 Å². The minimum atomic E-state index is 0.491. The zero-order chi connectivity index (χ0) is 13.8. The molecule has 1 aromatic carbocycles. The Kier molecular flexibility index (Phi) is 5.00. The molecule has 0 fully saturated rings. The van der Waals surface area contributed by atoms with Crippen LogP contribution in [0, 0.1) is 5.92 Å². The molecule has 0 radical (unpaired) electrons. The van der Waals surface area contributed by atoms with Crippen LogP contribution in [0.5, 0.6) is 0 Å². The maximum Gasteiger partial charge on any atom is 0.0345 e. The van der Waals surface area contributed by atoms with Gasteiger partial charge in [-0.25, -0.2) is 0 Å². The summed E-state index contributed by atoms with van der Waals surface area (Å²) in [4.78, 5) is 2.33. The lowest BCUT2D eigenvalue weighted by atomic mass is 9.87. The van der Waals surface area contributed by atoms with Crippen LogP contribution in [0.15, 0.2) is 18.2 Å². The van der Waals surface area contributed by atoms with Crippen LogP contribution >= 0.6 is 0 Å². The first-order valence-corrected chi connectivity index (χ1v) is 7.60. The summed E-state index contributed by atoms with van der Waals surface area (Å²) in [5.41, 5.74) is 10.4. The Morgan fingerprint density at radius 2 is 1.84 bits per heavy atom. The summed E-state index contributed by atoms with van der Waals surface area (Å²) in [6, 6.07) is 7.62. The summed E-state index contributed by atoms with van der Waals surface area (Å²) in [6.07, 6.45) is 6.37. The van der Waals surface area contributed by atoms with Gasteiger partial charge in [-0.3, -0.25) is 0 Å². The molecule has 0 bridgehead atoms. The van der Waals surface area contributed by atoms with Crippen LogP contribution in [-0.4, -0.2) is 25.5 Å². The predicted molar refractivity (Wildman–Crippen MR) is 82.3 cm³/mol. The third-order valence-corrected chi connectivity index (χ3v) is 4.41. The predicted octanol–water partition coefficient (Wildman–Crippen LogP) is 3.15. The van der Waals surface area contributed by atoms with Crippen LogP contribution in [0.4, 0.5) is 0 Å². The van der Waals surface area contributed by atoms with E-state index in [2.05, 4.69) is 44.1 Å². The second-order valence-corrected chi connectivity index (χ2v) is 6.29. The van der Waals surface area contributed by atoms with E-state index in [0.29, 0.717) is 12.0 Å². The van der Waals surface area contributed by atoms with Crippen LogP contribution < -0.4 is 5.73 Å². The highest BCUT2D eigenvalue weighted by Gasteiger charge is 2.19. The van der Waals surface area contributed by atoms with Crippen molar-refractivity contribution < 1.29 is 0 Å². The Bertz CT molecular complexity index is 412. The van der Waals surface area contributed by atoms with Gasteiger partial charge in [-0.15, -0.1) is 0 Å². The molecule has 0 saturated heterocycles. The van der Waals surface area contributed by atoms with Crippen LogP contribution in [0.3, 0.4) is 0 Å². The smallest absolute Gasteiger partial charge is 0.0345 e. The number of benzene rings is 1. The van der Waals surface area contributed by atoms with Crippen molar-refractivity contribution >= 4 is 0 Å². The Hall–Kier alpha value is -0.860. The van der Waals surface area contributed by atoms with Gasteiger partial charge >= 0.3 is 0 Å². The van der Waals surface area contributed by atoms with Gasteiger partial charge in [-0.1, -0.05) is 25.1 Å². The molecular weight excluding hydrogens is 232 g/mol. The highest BCUT2D eigenvalue weighted by Crippen LogP contribution is 2.30. The van der Waals surface area contributed by atoms with Crippen LogP contribution in [0.25, 0.3) is 0 Å². The number of rotatable bonds is 5. The first kappa shape index (κ1) is 14.5. The molecule has 0 saturated carbocycles. The lowest BCUT2D eigenvalue weighted by Gasteiger charge is -2.28. The molecule has 0 heterocycles.